The van der Waals surface area contributed by atoms with Gasteiger partial charge in [0.1, 0.15) is 13.2 Å². The molecular formula is C68H124O6. The van der Waals surface area contributed by atoms with Gasteiger partial charge in [-0.25, -0.2) is 0 Å². The number of unbranched alkanes of at least 4 members (excludes halogenated alkanes) is 41. The van der Waals surface area contributed by atoms with Crippen molar-refractivity contribution in [1.29, 1.82) is 0 Å². The van der Waals surface area contributed by atoms with E-state index in [1.54, 1.807) is 0 Å². The minimum atomic E-state index is -0.775. The molecule has 6 heteroatoms. The highest BCUT2D eigenvalue weighted by atomic mass is 16.6. The largest absolute Gasteiger partial charge is 0.462 e. The van der Waals surface area contributed by atoms with Crippen molar-refractivity contribution in [3.05, 3.63) is 48.6 Å². The van der Waals surface area contributed by atoms with Crippen LogP contribution in [0.25, 0.3) is 0 Å². The van der Waals surface area contributed by atoms with E-state index in [2.05, 4.69) is 69.4 Å². The minimum Gasteiger partial charge on any atom is -0.462 e. The molecule has 0 saturated carbocycles. The molecule has 6 nitrogen and oxygen atoms in total. The van der Waals surface area contributed by atoms with Crippen LogP contribution in [-0.4, -0.2) is 37.2 Å². The Hall–Kier alpha value is -2.63. The van der Waals surface area contributed by atoms with Gasteiger partial charge in [-0.05, 0) is 83.5 Å². The van der Waals surface area contributed by atoms with Gasteiger partial charge in [-0.15, -0.1) is 0 Å². The fraction of sp³-hybridized carbons (Fsp3) is 0.838. The quantitative estimate of drug-likeness (QED) is 0.0261. The van der Waals surface area contributed by atoms with E-state index in [0.29, 0.717) is 19.3 Å². The second kappa shape index (κ2) is 62.9. The maximum Gasteiger partial charge on any atom is 0.306 e. The van der Waals surface area contributed by atoms with Gasteiger partial charge in [-0.3, -0.25) is 14.4 Å². The number of hydrogen-bond donors (Lipinski definition) is 0. The monoisotopic (exact) mass is 1040 g/mol. The van der Waals surface area contributed by atoms with Gasteiger partial charge in [-0.2, -0.15) is 0 Å². The summed E-state index contributed by atoms with van der Waals surface area (Å²) in [6.07, 6.45) is 78.4. The van der Waals surface area contributed by atoms with Gasteiger partial charge in [0.25, 0.3) is 0 Å². The van der Waals surface area contributed by atoms with Gasteiger partial charge in [0.2, 0.25) is 0 Å². The lowest BCUT2D eigenvalue weighted by molar-refractivity contribution is -0.167. The van der Waals surface area contributed by atoms with Crippen molar-refractivity contribution in [3.8, 4) is 0 Å². The number of carbonyl (C=O) groups excluding carboxylic acids is 3. The number of esters is 3. The van der Waals surface area contributed by atoms with Crippen molar-refractivity contribution >= 4 is 17.9 Å². The van der Waals surface area contributed by atoms with Crippen molar-refractivity contribution in [2.45, 2.75) is 354 Å². The number of rotatable bonds is 60. The smallest absolute Gasteiger partial charge is 0.306 e. The third-order valence-electron chi connectivity index (χ3n) is 14.6. The molecule has 0 heterocycles. The Morgan fingerprint density at radius 3 is 0.770 bits per heavy atom. The zero-order valence-electron chi connectivity index (χ0n) is 49.6. The molecule has 0 amide bonds. The molecule has 0 aromatic carbocycles. The SMILES string of the molecule is CCCCCCC/C=C\C/C=C\C/C=C\CCCCCCCCCCC(=O)OCC(COC(=O)CCCCCCCCCCCC)OC(=O)CCCCCCCCCCCCC/C=C\CCCCCCCCCC. The summed E-state index contributed by atoms with van der Waals surface area (Å²) in [6.45, 7) is 6.66. The Kier molecular flexibility index (Phi) is 60.7. The molecule has 74 heavy (non-hydrogen) atoms. The Labute approximate surface area is 460 Å². The highest BCUT2D eigenvalue weighted by molar-refractivity contribution is 5.71. The molecule has 0 N–H and O–H groups in total. The predicted molar refractivity (Wildman–Crippen MR) is 321 cm³/mol. The molecule has 0 spiro atoms. The number of allylic oxidation sites excluding steroid dienone is 8. The van der Waals surface area contributed by atoms with Gasteiger partial charge >= 0.3 is 17.9 Å². The molecule has 0 radical (unpaired) electrons. The molecule has 0 aliphatic carbocycles. The first kappa shape index (κ1) is 71.4. The van der Waals surface area contributed by atoms with E-state index in [1.165, 1.54) is 231 Å². The maximum atomic E-state index is 12.9. The van der Waals surface area contributed by atoms with E-state index in [4.69, 9.17) is 14.2 Å². The molecule has 1 unspecified atom stereocenters. The topological polar surface area (TPSA) is 78.9 Å². The van der Waals surface area contributed by atoms with Crippen molar-refractivity contribution in [2.24, 2.45) is 0 Å². The summed E-state index contributed by atoms with van der Waals surface area (Å²) in [4.78, 5) is 38.2. The molecule has 0 aromatic heterocycles. The van der Waals surface area contributed by atoms with Crippen LogP contribution < -0.4 is 0 Å². The fourth-order valence-electron chi connectivity index (χ4n) is 9.62. The first-order valence-corrected chi connectivity index (χ1v) is 32.6. The summed E-state index contributed by atoms with van der Waals surface area (Å²) >= 11 is 0. The van der Waals surface area contributed by atoms with Crippen LogP contribution in [0.2, 0.25) is 0 Å². The van der Waals surface area contributed by atoms with Crippen molar-refractivity contribution in [3.63, 3.8) is 0 Å². The summed E-state index contributed by atoms with van der Waals surface area (Å²) in [5.74, 6) is -0.863. The van der Waals surface area contributed by atoms with Gasteiger partial charge in [0.05, 0.1) is 0 Å². The van der Waals surface area contributed by atoms with Crippen molar-refractivity contribution in [2.75, 3.05) is 13.2 Å². The molecule has 0 rings (SSSR count). The molecule has 0 saturated heterocycles. The second-order valence-electron chi connectivity index (χ2n) is 22.0. The van der Waals surface area contributed by atoms with Crippen LogP contribution in [0.3, 0.4) is 0 Å². The van der Waals surface area contributed by atoms with Crippen LogP contribution in [0.1, 0.15) is 348 Å². The average Bonchev–Trinajstić information content (AvgIpc) is 3.40. The van der Waals surface area contributed by atoms with Crippen LogP contribution in [-0.2, 0) is 28.6 Å². The standard InChI is InChI=1S/C68H124O6/c1-4-7-10-13-16-19-22-24-26-28-30-32-34-36-38-40-42-44-46-49-52-55-58-61-67(70)73-64-65(63-72-66(69)60-57-54-51-48-21-18-15-12-9-6-3)74-68(71)62-59-56-53-50-47-45-43-41-39-37-35-33-31-29-27-25-23-20-17-14-11-8-5-2/h22,24,28-31,34,36,65H,4-21,23,25-27,32-33,35,37-64H2,1-3H3/b24-22-,30-28-,31-29-,36-34-. The molecular weight excluding hydrogens is 913 g/mol. The van der Waals surface area contributed by atoms with Crippen LogP contribution in [0.15, 0.2) is 48.6 Å². The van der Waals surface area contributed by atoms with Gasteiger partial charge in [0.15, 0.2) is 6.10 Å². The molecule has 0 aromatic rings. The predicted octanol–water partition coefficient (Wildman–Crippen LogP) is 22.2. The van der Waals surface area contributed by atoms with Crippen LogP contribution in [0.4, 0.5) is 0 Å². The molecule has 0 aliphatic heterocycles. The highest BCUT2D eigenvalue weighted by Crippen LogP contribution is 2.17. The van der Waals surface area contributed by atoms with E-state index >= 15 is 0 Å². The van der Waals surface area contributed by atoms with Crippen molar-refractivity contribution in [1.82, 2.24) is 0 Å². The molecule has 0 aliphatic rings. The second-order valence-corrected chi connectivity index (χ2v) is 22.0. The summed E-state index contributed by atoms with van der Waals surface area (Å²) in [7, 11) is 0. The maximum absolute atomic E-state index is 12.9. The molecule has 1 atom stereocenters. The average molecular weight is 1040 g/mol. The summed E-state index contributed by atoms with van der Waals surface area (Å²) in [5.41, 5.74) is 0. The lowest BCUT2D eigenvalue weighted by Gasteiger charge is -2.18. The normalized spacial score (nSPS) is 12.3. The summed E-state index contributed by atoms with van der Waals surface area (Å²) < 4.78 is 16.9. The first-order chi connectivity index (χ1) is 36.5. The summed E-state index contributed by atoms with van der Waals surface area (Å²) in [6, 6.07) is 0. The van der Waals surface area contributed by atoms with Gasteiger partial charge in [0, 0.05) is 19.3 Å². The third kappa shape index (κ3) is 60.2. The number of carbonyl (C=O) groups is 3. The summed E-state index contributed by atoms with van der Waals surface area (Å²) in [5, 5.41) is 0. The zero-order chi connectivity index (χ0) is 53.6. The molecule has 0 bridgehead atoms. The Morgan fingerprint density at radius 1 is 0.270 bits per heavy atom. The lowest BCUT2D eigenvalue weighted by Crippen LogP contribution is -2.30. The van der Waals surface area contributed by atoms with Crippen molar-refractivity contribution < 1.29 is 28.6 Å². The van der Waals surface area contributed by atoms with Crippen LogP contribution in [0, 0.1) is 0 Å². The first-order valence-electron chi connectivity index (χ1n) is 32.6. The van der Waals surface area contributed by atoms with Crippen LogP contribution >= 0.6 is 0 Å². The van der Waals surface area contributed by atoms with E-state index < -0.39 is 6.10 Å². The van der Waals surface area contributed by atoms with E-state index in [0.717, 1.165) is 77.0 Å². The van der Waals surface area contributed by atoms with Gasteiger partial charge < -0.3 is 14.2 Å². The zero-order valence-corrected chi connectivity index (χ0v) is 49.6. The molecule has 432 valence electrons. The Balaban J connectivity index is 4.24. The van der Waals surface area contributed by atoms with Gasteiger partial charge in [-0.1, -0.05) is 294 Å². The highest BCUT2D eigenvalue weighted by Gasteiger charge is 2.19. The Morgan fingerprint density at radius 2 is 0.486 bits per heavy atom. The van der Waals surface area contributed by atoms with E-state index in [-0.39, 0.29) is 31.1 Å². The Bertz CT molecular complexity index is 1280. The van der Waals surface area contributed by atoms with E-state index in [9.17, 15) is 14.4 Å². The van der Waals surface area contributed by atoms with Crippen LogP contribution in [0.5, 0.6) is 0 Å². The lowest BCUT2D eigenvalue weighted by atomic mass is 10.0. The number of hydrogen-bond acceptors (Lipinski definition) is 6. The number of ether oxygens (including phenoxy) is 3. The third-order valence-corrected chi connectivity index (χ3v) is 14.6. The molecule has 0 fully saturated rings. The van der Waals surface area contributed by atoms with E-state index in [1.807, 2.05) is 0 Å². The minimum absolute atomic E-state index is 0.0723. The fourth-order valence-corrected chi connectivity index (χ4v) is 9.62.